The van der Waals surface area contributed by atoms with E-state index in [9.17, 15) is 36.9 Å². The van der Waals surface area contributed by atoms with Crippen molar-refractivity contribution in [3.63, 3.8) is 0 Å². The first-order chi connectivity index (χ1) is 34.8. The predicted octanol–water partition coefficient (Wildman–Crippen LogP) is 8.38. The number of anilines is 2. The summed E-state index contributed by atoms with van der Waals surface area (Å²) >= 11 is 0. The van der Waals surface area contributed by atoms with Gasteiger partial charge in [0.15, 0.2) is 27.0 Å². The third-order valence-corrected chi connectivity index (χ3v) is 19.6. The molecule has 5 fully saturated rings. The van der Waals surface area contributed by atoms with Gasteiger partial charge in [0.05, 0.1) is 38.5 Å². The molecule has 0 radical (unpaired) electrons. The van der Waals surface area contributed by atoms with Crippen molar-refractivity contribution >= 4 is 53.9 Å². The first-order valence-electron chi connectivity index (χ1n) is 25.6. The fraction of sp³-hybridized carbons (Fsp3) is 0.509. The lowest BCUT2D eigenvalue weighted by Gasteiger charge is -2.56. The van der Waals surface area contributed by atoms with Gasteiger partial charge in [0, 0.05) is 60.6 Å². The second kappa shape index (κ2) is 18.8. The van der Waals surface area contributed by atoms with Crippen LogP contribution >= 0.6 is 0 Å². The lowest BCUT2D eigenvalue weighted by atomic mass is 9.59. The fourth-order valence-corrected chi connectivity index (χ4v) is 14.5. The number of hydrogen-bond donors (Lipinski definition) is 4. The maximum atomic E-state index is 14.4. The Labute approximate surface area is 425 Å². The second-order valence-electron chi connectivity index (χ2n) is 21.9. The summed E-state index contributed by atoms with van der Waals surface area (Å²) in [4.78, 5) is 38.3. The number of nitro groups is 1. The molecule has 4 aliphatic heterocycles. The van der Waals surface area contributed by atoms with E-state index in [1.807, 2.05) is 0 Å². The molecule has 1 spiro atoms. The van der Waals surface area contributed by atoms with Crippen LogP contribution in [-0.4, -0.2) is 109 Å². The van der Waals surface area contributed by atoms with Crippen LogP contribution in [0.5, 0.6) is 23.1 Å². The average Bonchev–Trinajstić information content (AvgIpc) is 4.02. The number of nitro benzene ring substituents is 1. The van der Waals surface area contributed by atoms with Gasteiger partial charge < -0.3 is 34.5 Å². The highest BCUT2D eigenvalue weighted by Gasteiger charge is 2.50. The molecule has 73 heavy (non-hydrogen) atoms. The number of aliphatic hydroxyl groups is 1. The number of piperidine rings is 1. The number of sulfonamides is 1. The van der Waals surface area contributed by atoms with E-state index < -0.39 is 53.0 Å². The number of sulfone groups is 1. The number of aromatic nitrogens is 2. The normalized spacial score (nSPS) is 25.1. The number of likely N-dealkylation sites (tertiary alicyclic amines) is 1. The number of pyridine rings is 1. The van der Waals surface area contributed by atoms with Crippen LogP contribution in [0.15, 0.2) is 77.8 Å². The Morgan fingerprint density at radius 2 is 1.74 bits per heavy atom. The highest BCUT2D eigenvalue weighted by atomic mass is 32.2. The number of carbonyl (C=O) groups is 1. The molecule has 6 heterocycles. The molecule has 5 aromatic rings. The van der Waals surface area contributed by atoms with Crippen LogP contribution in [0.1, 0.15) is 118 Å². The standard InChI is InChI=1S/C53H63N7O11S2/c1-32(2)39-7-4-5-8-40(39)43-9-6-20-59(43)36-27-53(28-36)17-21-58(22-18-53)35-10-11-41(45(24-35)71-47-23-34-14-19-54-49(34)56-51(47)70-37-30-72(65,66)31-37)50(61)57-73(67,68)38-25-44(60(63)64)48-46(26-38)69-29-42(55-48)33-12-15-52(3,62)16-13-33/h4-5,7-8,10-11,14,19,23-26,32-33,36-37,42-43,55,62H,6,9,12-13,15-18,20-22,27-31H2,1-3H3,(H,54,56)(H,57,61)/t33-,42-,43-,52-/m1/s1. The van der Waals surface area contributed by atoms with E-state index in [0.717, 1.165) is 63.1 Å². The number of aromatic amines is 1. The number of nitrogens with one attached hydrogen (secondary N) is 3. The SMILES string of the molecule is CC(C)c1ccccc1[C@H]1CCCN1C1CC2(CCN(c3ccc(C(=O)NS(=O)(=O)c4cc5c(c([N+](=O)[O-])c4)N[C@@H]([C@H]4CC[C@](C)(O)CC4)CO5)c(Oc4cc5cc[nH]c5nc4OC4CS(=O)(=O)C4)c3)CC2)C1. The Hall–Kier alpha value is -5.96. The minimum Gasteiger partial charge on any atom is -0.489 e. The quantitative estimate of drug-likeness (QED) is 0.0640. The molecule has 2 aromatic heterocycles. The summed E-state index contributed by atoms with van der Waals surface area (Å²) < 4.78 is 73.3. The first-order valence-corrected chi connectivity index (χ1v) is 28.9. The number of carbonyl (C=O) groups excluding carboxylic acids is 1. The van der Waals surface area contributed by atoms with Gasteiger partial charge in [-0.05, 0) is 130 Å². The molecule has 2 saturated carbocycles. The molecule has 0 unspecified atom stereocenters. The fourth-order valence-electron chi connectivity index (χ4n) is 12.4. The molecular formula is C53H63N7O11S2. The van der Waals surface area contributed by atoms with Gasteiger partial charge in [-0.1, -0.05) is 38.1 Å². The van der Waals surface area contributed by atoms with Crippen molar-refractivity contribution < 1.29 is 45.9 Å². The number of nitrogens with zero attached hydrogens (tertiary/aromatic N) is 4. The summed E-state index contributed by atoms with van der Waals surface area (Å²) in [6.45, 7) is 9.08. The summed E-state index contributed by atoms with van der Waals surface area (Å²) in [5, 5.41) is 26.9. The van der Waals surface area contributed by atoms with Crippen LogP contribution in [0.4, 0.5) is 17.1 Å². The predicted molar refractivity (Wildman–Crippen MR) is 275 cm³/mol. The van der Waals surface area contributed by atoms with Gasteiger partial charge in [0.2, 0.25) is 0 Å². The first kappa shape index (κ1) is 49.3. The van der Waals surface area contributed by atoms with Crippen molar-refractivity contribution in [3.05, 3.63) is 99.7 Å². The van der Waals surface area contributed by atoms with Gasteiger partial charge in [0.1, 0.15) is 24.1 Å². The smallest absolute Gasteiger partial charge is 0.297 e. The zero-order chi connectivity index (χ0) is 51.0. The maximum Gasteiger partial charge on any atom is 0.297 e. The summed E-state index contributed by atoms with van der Waals surface area (Å²) in [6, 6.07) is 20.0. The van der Waals surface area contributed by atoms with Gasteiger partial charge in [-0.15, -0.1) is 0 Å². The number of rotatable bonds is 13. The molecule has 1 amide bonds. The van der Waals surface area contributed by atoms with E-state index in [-0.39, 0.29) is 69.9 Å². The number of fused-ring (bicyclic) bond motifs is 2. The molecule has 4 N–H and O–H groups in total. The van der Waals surface area contributed by atoms with Crippen LogP contribution in [-0.2, 0) is 19.9 Å². The summed E-state index contributed by atoms with van der Waals surface area (Å²) in [5.74, 6) is -0.925. The van der Waals surface area contributed by atoms with E-state index >= 15 is 0 Å². The molecule has 2 aliphatic carbocycles. The summed E-state index contributed by atoms with van der Waals surface area (Å²) in [5.41, 5.74) is 2.92. The highest BCUT2D eigenvalue weighted by Crippen LogP contribution is 2.55. The van der Waals surface area contributed by atoms with E-state index in [1.54, 1.807) is 37.4 Å². The van der Waals surface area contributed by atoms with E-state index in [1.165, 1.54) is 30.0 Å². The van der Waals surface area contributed by atoms with E-state index in [2.05, 4.69) is 67.9 Å². The molecule has 20 heteroatoms. The molecule has 18 nitrogen and oxygen atoms in total. The summed E-state index contributed by atoms with van der Waals surface area (Å²) in [6.07, 6.45) is 10.1. The third-order valence-electron chi connectivity index (χ3n) is 16.5. The molecular weight excluding hydrogens is 975 g/mol. The molecule has 388 valence electrons. The lowest BCUT2D eigenvalue weighted by molar-refractivity contribution is -0.384. The van der Waals surface area contributed by atoms with Gasteiger partial charge >= 0.3 is 0 Å². The molecule has 11 rings (SSSR count). The molecule has 2 atom stereocenters. The van der Waals surface area contributed by atoms with Gasteiger partial charge in [0.25, 0.3) is 27.5 Å². The van der Waals surface area contributed by atoms with E-state index in [4.69, 9.17) is 14.2 Å². The van der Waals surface area contributed by atoms with Crippen LogP contribution in [0, 0.1) is 21.4 Å². The number of amides is 1. The minimum atomic E-state index is -4.77. The summed E-state index contributed by atoms with van der Waals surface area (Å²) in [7, 11) is -8.03. The van der Waals surface area contributed by atoms with Crippen molar-refractivity contribution in [1.82, 2.24) is 19.6 Å². The lowest BCUT2D eigenvalue weighted by Crippen LogP contribution is -2.54. The molecule has 6 aliphatic rings. The van der Waals surface area contributed by atoms with Crippen molar-refractivity contribution in [1.29, 1.82) is 0 Å². The Morgan fingerprint density at radius 3 is 2.47 bits per heavy atom. The minimum absolute atomic E-state index is 0.0146. The van der Waals surface area contributed by atoms with Gasteiger partial charge in [-0.25, -0.2) is 21.6 Å². The van der Waals surface area contributed by atoms with Crippen LogP contribution in [0.2, 0.25) is 0 Å². The monoisotopic (exact) mass is 1040 g/mol. The number of ether oxygens (including phenoxy) is 3. The zero-order valence-electron chi connectivity index (χ0n) is 41.3. The molecule has 3 aromatic carbocycles. The highest BCUT2D eigenvalue weighted by molar-refractivity contribution is 7.92. The molecule has 0 bridgehead atoms. The Balaban J connectivity index is 0.846. The van der Waals surface area contributed by atoms with Gasteiger partial charge in [-0.2, -0.15) is 4.98 Å². The van der Waals surface area contributed by atoms with Crippen molar-refractivity contribution in [2.45, 2.75) is 126 Å². The zero-order valence-corrected chi connectivity index (χ0v) is 43.0. The Morgan fingerprint density at radius 1 is 0.986 bits per heavy atom. The van der Waals surface area contributed by atoms with Crippen LogP contribution < -0.4 is 29.1 Å². The Kier molecular flexibility index (Phi) is 12.7. The van der Waals surface area contributed by atoms with Gasteiger partial charge in [-0.3, -0.25) is 19.8 Å². The van der Waals surface area contributed by atoms with E-state index in [0.29, 0.717) is 54.7 Å². The topological polar surface area (TPSA) is 236 Å². The molecule has 3 saturated heterocycles. The third kappa shape index (κ3) is 9.82. The van der Waals surface area contributed by atoms with Crippen LogP contribution in [0.3, 0.4) is 0 Å². The number of H-pyrrole nitrogens is 1. The van der Waals surface area contributed by atoms with Crippen LogP contribution in [0.25, 0.3) is 11.0 Å². The Bertz CT molecular complexity index is 3180. The van der Waals surface area contributed by atoms with Crippen molar-refractivity contribution in [2.75, 3.05) is 48.0 Å². The average molecular weight is 1040 g/mol. The number of benzene rings is 3. The largest absolute Gasteiger partial charge is 0.489 e. The maximum absolute atomic E-state index is 14.4. The van der Waals surface area contributed by atoms with Crippen molar-refractivity contribution in [2.24, 2.45) is 11.3 Å². The van der Waals surface area contributed by atoms with Crippen molar-refractivity contribution in [3.8, 4) is 23.1 Å². The number of hydrogen-bond acceptors (Lipinski definition) is 15. The second-order valence-corrected chi connectivity index (χ2v) is 25.8.